The molecule has 4 nitrogen and oxygen atoms in total. The molecule has 0 amide bonds. The smallest absolute Gasteiger partial charge is 0.151 e. The minimum absolute atomic E-state index is 0.133. The molecule has 2 aliphatic rings. The molecular formula is C12H24N2O2S. The highest BCUT2D eigenvalue weighted by molar-refractivity contribution is 7.91. The Morgan fingerprint density at radius 2 is 1.71 bits per heavy atom. The molecule has 0 radical (unpaired) electrons. The van der Waals surface area contributed by atoms with Crippen molar-refractivity contribution in [2.45, 2.75) is 44.0 Å². The van der Waals surface area contributed by atoms with Crippen molar-refractivity contribution in [3.05, 3.63) is 0 Å². The number of hydrogen-bond acceptors (Lipinski definition) is 4. The molecule has 0 bridgehead atoms. The summed E-state index contributed by atoms with van der Waals surface area (Å²) in [6, 6.07) is 0.570. The molecule has 2 rings (SSSR count). The van der Waals surface area contributed by atoms with Gasteiger partial charge in [-0.1, -0.05) is 0 Å². The standard InChI is InChI=1S/C12H24N2O2S/c1-12(2,3)14-7-10(8-14)13-6-5-11(9-13)17(4,15)16/h10-11H,5-9H2,1-4H3/t11-/m0/s1. The van der Waals surface area contributed by atoms with Crippen LogP contribution in [0.5, 0.6) is 0 Å². The zero-order valence-electron chi connectivity index (χ0n) is 11.3. The number of sulfone groups is 1. The number of nitrogens with zero attached hydrogens (tertiary/aromatic N) is 2. The van der Waals surface area contributed by atoms with E-state index in [1.807, 2.05) is 0 Å². The molecule has 0 aliphatic carbocycles. The Labute approximate surface area is 105 Å². The average Bonchev–Trinajstić information content (AvgIpc) is 2.45. The van der Waals surface area contributed by atoms with E-state index >= 15 is 0 Å². The van der Waals surface area contributed by atoms with Crippen LogP contribution in [0.25, 0.3) is 0 Å². The van der Waals surface area contributed by atoms with E-state index in [9.17, 15) is 8.42 Å². The Kier molecular flexibility index (Phi) is 3.30. The summed E-state index contributed by atoms with van der Waals surface area (Å²) in [4.78, 5) is 4.80. The van der Waals surface area contributed by atoms with Gasteiger partial charge in [-0.25, -0.2) is 8.42 Å². The van der Waals surface area contributed by atoms with E-state index < -0.39 is 9.84 Å². The van der Waals surface area contributed by atoms with Crippen molar-refractivity contribution in [3.63, 3.8) is 0 Å². The van der Waals surface area contributed by atoms with Gasteiger partial charge < -0.3 is 0 Å². The second-order valence-electron chi connectivity index (χ2n) is 6.46. The molecule has 0 spiro atoms. The zero-order valence-corrected chi connectivity index (χ0v) is 12.1. The Morgan fingerprint density at radius 3 is 2.12 bits per heavy atom. The number of rotatable bonds is 2. The minimum Gasteiger partial charge on any atom is -0.296 e. The summed E-state index contributed by atoms with van der Waals surface area (Å²) in [7, 11) is -2.85. The van der Waals surface area contributed by atoms with Crippen LogP contribution >= 0.6 is 0 Å². The van der Waals surface area contributed by atoms with Gasteiger partial charge in [0, 0.05) is 37.5 Å². The molecule has 0 saturated carbocycles. The van der Waals surface area contributed by atoms with Gasteiger partial charge in [-0.15, -0.1) is 0 Å². The van der Waals surface area contributed by atoms with Gasteiger partial charge in [0.05, 0.1) is 5.25 Å². The predicted molar refractivity (Wildman–Crippen MR) is 69.9 cm³/mol. The van der Waals surface area contributed by atoms with Crippen molar-refractivity contribution in [1.29, 1.82) is 0 Å². The SMILES string of the molecule is CC(C)(C)N1CC(N2CC[C@H](S(C)(=O)=O)C2)C1. The summed E-state index contributed by atoms with van der Waals surface area (Å²) in [6.07, 6.45) is 2.17. The molecule has 1 atom stereocenters. The molecule has 2 saturated heterocycles. The van der Waals surface area contributed by atoms with Crippen LogP contribution in [0.4, 0.5) is 0 Å². The van der Waals surface area contributed by atoms with Crippen LogP contribution in [0, 0.1) is 0 Å². The Balaban J connectivity index is 1.85. The number of likely N-dealkylation sites (tertiary alicyclic amines) is 2. The van der Waals surface area contributed by atoms with Crippen LogP contribution in [0.1, 0.15) is 27.2 Å². The summed E-state index contributed by atoms with van der Waals surface area (Å²) in [6.45, 7) is 10.5. The summed E-state index contributed by atoms with van der Waals surface area (Å²) in [5.74, 6) is 0. The molecule has 0 aromatic carbocycles. The molecule has 0 aromatic heterocycles. The van der Waals surface area contributed by atoms with Crippen molar-refractivity contribution < 1.29 is 8.42 Å². The van der Waals surface area contributed by atoms with E-state index in [1.165, 1.54) is 6.26 Å². The van der Waals surface area contributed by atoms with E-state index in [-0.39, 0.29) is 10.8 Å². The first-order valence-electron chi connectivity index (χ1n) is 6.36. The van der Waals surface area contributed by atoms with Gasteiger partial charge in [0.1, 0.15) is 0 Å². The number of hydrogen-bond donors (Lipinski definition) is 0. The second-order valence-corrected chi connectivity index (χ2v) is 8.79. The maximum absolute atomic E-state index is 11.5. The molecule has 0 unspecified atom stereocenters. The van der Waals surface area contributed by atoms with Gasteiger partial charge in [-0.2, -0.15) is 0 Å². The first-order valence-corrected chi connectivity index (χ1v) is 8.31. The first-order chi connectivity index (χ1) is 7.68. The van der Waals surface area contributed by atoms with Crippen LogP contribution in [0.15, 0.2) is 0 Å². The molecule has 0 N–H and O–H groups in total. The summed E-state index contributed by atoms with van der Waals surface area (Å²) in [5, 5.41) is -0.133. The van der Waals surface area contributed by atoms with Gasteiger partial charge >= 0.3 is 0 Å². The van der Waals surface area contributed by atoms with E-state index in [1.54, 1.807) is 0 Å². The topological polar surface area (TPSA) is 40.6 Å². The summed E-state index contributed by atoms with van der Waals surface area (Å²) in [5.41, 5.74) is 0.243. The fraction of sp³-hybridized carbons (Fsp3) is 1.00. The van der Waals surface area contributed by atoms with Crippen molar-refractivity contribution in [1.82, 2.24) is 9.80 Å². The molecule has 2 aliphatic heterocycles. The van der Waals surface area contributed by atoms with Crippen molar-refractivity contribution in [2.75, 3.05) is 32.4 Å². The zero-order chi connectivity index (χ0) is 12.8. The molecule has 5 heteroatoms. The third-order valence-corrected chi connectivity index (χ3v) is 5.71. The van der Waals surface area contributed by atoms with Crippen LogP contribution in [-0.4, -0.2) is 67.5 Å². The largest absolute Gasteiger partial charge is 0.296 e. The van der Waals surface area contributed by atoms with Gasteiger partial charge in [0.2, 0.25) is 0 Å². The van der Waals surface area contributed by atoms with Crippen molar-refractivity contribution in [3.8, 4) is 0 Å². The van der Waals surface area contributed by atoms with E-state index in [0.717, 1.165) is 32.6 Å². The maximum Gasteiger partial charge on any atom is 0.151 e. The van der Waals surface area contributed by atoms with E-state index in [2.05, 4.69) is 30.6 Å². The van der Waals surface area contributed by atoms with Crippen LogP contribution in [0.3, 0.4) is 0 Å². The van der Waals surface area contributed by atoms with Gasteiger partial charge in [0.15, 0.2) is 9.84 Å². The van der Waals surface area contributed by atoms with Crippen LogP contribution in [-0.2, 0) is 9.84 Å². The Morgan fingerprint density at radius 1 is 1.12 bits per heavy atom. The Bertz CT molecular complexity index is 380. The van der Waals surface area contributed by atoms with Gasteiger partial charge in [-0.05, 0) is 33.7 Å². The quantitative estimate of drug-likeness (QED) is 0.728. The lowest BCUT2D eigenvalue weighted by atomic mass is 9.97. The first kappa shape index (κ1) is 13.3. The van der Waals surface area contributed by atoms with Crippen LogP contribution in [0.2, 0.25) is 0 Å². The third-order valence-electron chi connectivity index (χ3n) is 4.11. The summed E-state index contributed by atoms with van der Waals surface area (Å²) < 4.78 is 23.0. The lowest BCUT2D eigenvalue weighted by Gasteiger charge is -2.50. The lowest BCUT2D eigenvalue weighted by molar-refractivity contribution is -0.0134. The van der Waals surface area contributed by atoms with Gasteiger partial charge in [0.25, 0.3) is 0 Å². The molecule has 2 heterocycles. The molecule has 100 valence electrons. The van der Waals surface area contributed by atoms with E-state index in [4.69, 9.17) is 0 Å². The van der Waals surface area contributed by atoms with Crippen LogP contribution < -0.4 is 0 Å². The van der Waals surface area contributed by atoms with Crippen molar-refractivity contribution in [2.24, 2.45) is 0 Å². The summed E-state index contributed by atoms with van der Waals surface area (Å²) >= 11 is 0. The lowest BCUT2D eigenvalue weighted by Crippen LogP contribution is -2.64. The predicted octanol–water partition coefficient (Wildman–Crippen LogP) is 0.588. The highest BCUT2D eigenvalue weighted by Gasteiger charge is 2.41. The average molecular weight is 260 g/mol. The fourth-order valence-corrected chi connectivity index (χ4v) is 3.66. The van der Waals surface area contributed by atoms with Gasteiger partial charge in [-0.3, -0.25) is 9.80 Å². The van der Waals surface area contributed by atoms with Crippen molar-refractivity contribution >= 4 is 9.84 Å². The highest BCUT2D eigenvalue weighted by atomic mass is 32.2. The third kappa shape index (κ3) is 2.83. The molecular weight excluding hydrogens is 236 g/mol. The highest BCUT2D eigenvalue weighted by Crippen LogP contribution is 2.27. The normalized spacial score (nSPS) is 29.5. The maximum atomic E-state index is 11.5. The minimum atomic E-state index is -2.85. The molecule has 17 heavy (non-hydrogen) atoms. The fourth-order valence-electron chi connectivity index (χ4n) is 2.67. The monoisotopic (exact) mass is 260 g/mol. The van der Waals surface area contributed by atoms with E-state index in [0.29, 0.717) is 6.04 Å². The molecule has 2 fully saturated rings. The second kappa shape index (κ2) is 4.21. The molecule has 0 aromatic rings. The Hall–Kier alpha value is -0.130.